The van der Waals surface area contributed by atoms with Gasteiger partial charge >= 0.3 is 5.97 Å². The Labute approximate surface area is 167 Å². The number of carbonyl (C=O) groups excluding carboxylic acids is 1. The number of thiazole rings is 1. The summed E-state index contributed by atoms with van der Waals surface area (Å²) in [5, 5.41) is 10.5. The molecule has 1 aromatic heterocycles. The normalized spacial score (nSPS) is 17.5. The molecule has 2 aromatic rings. The van der Waals surface area contributed by atoms with E-state index in [9.17, 15) is 9.59 Å². The first kappa shape index (κ1) is 19.9. The molecule has 27 heavy (non-hydrogen) atoms. The SMILES string of the molecule is CC(C)(C)c1ccc(C2CCC(=O)N2CCSc2nc(C(=O)O)cs2)cc1. The molecule has 1 unspecified atom stereocenters. The Balaban J connectivity index is 1.63. The Morgan fingerprint density at radius 2 is 2.04 bits per heavy atom. The van der Waals surface area contributed by atoms with Gasteiger partial charge in [0.2, 0.25) is 5.91 Å². The smallest absolute Gasteiger partial charge is 0.355 e. The van der Waals surface area contributed by atoms with Crippen molar-refractivity contribution in [3.8, 4) is 0 Å². The van der Waals surface area contributed by atoms with E-state index in [1.165, 1.54) is 34.2 Å². The van der Waals surface area contributed by atoms with Crippen LogP contribution in [0.25, 0.3) is 0 Å². The number of carboxylic acids is 1. The molecule has 1 N–H and O–H groups in total. The van der Waals surface area contributed by atoms with Crippen LogP contribution in [0.4, 0.5) is 0 Å². The lowest BCUT2D eigenvalue weighted by molar-refractivity contribution is -0.128. The van der Waals surface area contributed by atoms with Crippen LogP contribution in [0.15, 0.2) is 34.0 Å². The minimum Gasteiger partial charge on any atom is -0.476 e. The summed E-state index contributed by atoms with van der Waals surface area (Å²) in [5.41, 5.74) is 2.66. The summed E-state index contributed by atoms with van der Waals surface area (Å²) in [6, 6.07) is 8.73. The fraction of sp³-hybridized carbons (Fsp3) is 0.450. The molecule has 1 aromatic carbocycles. The van der Waals surface area contributed by atoms with Crippen LogP contribution in [-0.4, -0.2) is 39.2 Å². The number of thioether (sulfide) groups is 1. The van der Waals surface area contributed by atoms with E-state index >= 15 is 0 Å². The summed E-state index contributed by atoms with van der Waals surface area (Å²) < 4.78 is 0.727. The fourth-order valence-electron chi connectivity index (χ4n) is 3.22. The van der Waals surface area contributed by atoms with Crippen molar-refractivity contribution in [2.75, 3.05) is 12.3 Å². The van der Waals surface area contributed by atoms with Crippen LogP contribution in [0.3, 0.4) is 0 Å². The largest absolute Gasteiger partial charge is 0.476 e. The van der Waals surface area contributed by atoms with E-state index in [1.54, 1.807) is 5.38 Å². The third kappa shape index (κ3) is 4.71. The summed E-state index contributed by atoms with van der Waals surface area (Å²) in [6.07, 6.45) is 1.43. The third-order valence-corrected chi connectivity index (χ3v) is 6.75. The maximum Gasteiger partial charge on any atom is 0.355 e. The second-order valence-corrected chi connectivity index (χ2v) is 9.87. The molecule has 144 valence electrons. The van der Waals surface area contributed by atoms with Gasteiger partial charge in [-0.15, -0.1) is 11.3 Å². The lowest BCUT2D eigenvalue weighted by Gasteiger charge is -2.26. The Morgan fingerprint density at radius 3 is 2.63 bits per heavy atom. The van der Waals surface area contributed by atoms with Gasteiger partial charge in [-0.3, -0.25) is 4.79 Å². The second-order valence-electron chi connectivity index (χ2n) is 7.67. The molecule has 1 amide bonds. The lowest BCUT2D eigenvalue weighted by Crippen LogP contribution is -2.30. The van der Waals surface area contributed by atoms with Gasteiger partial charge in [0, 0.05) is 24.1 Å². The summed E-state index contributed by atoms with van der Waals surface area (Å²) >= 11 is 2.83. The zero-order chi connectivity index (χ0) is 19.6. The molecule has 1 aliphatic rings. The Morgan fingerprint density at radius 1 is 1.33 bits per heavy atom. The zero-order valence-electron chi connectivity index (χ0n) is 15.8. The van der Waals surface area contributed by atoms with Crippen LogP contribution in [0.5, 0.6) is 0 Å². The molecule has 0 bridgehead atoms. The van der Waals surface area contributed by atoms with Crippen LogP contribution >= 0.6 is 23.1 Å². The number of hydrogen-bond donors (Lipinski definition) is 1. The summed E-state index contributed by atoms with van der Waals surface area (Å²) in [7, 11) is 0. The third-order valence-electron chi connectivity index (χ3n) is 4.75. The molecule has 0 aliphatic carbocycles. The number of carbonyl (C=O) groups is 2. The average Bonchev–Trinajstić information content (AvgIpc) is 3.22. The summed E-state index contributed by atoms with van der Waals surface area (Å²) in [6.45, 7) is 7.22. The van der Waals surface area contributed by atoms with Crippen LogP contribution in [-0.2, 0) is 10.2 Å². The minimum absolute atomic E-state index is 0.0802. The molecule has 1 saturated heterocycles. The van der Waals surface area contributed by atoms with Crippen LogP contribution in [0.1, 0.15) is 61.3 Å². The molecule has 1 fully saturated rings. The first-order valence-electron chi connectivity index (χ1n) is 8.97. The number of aromatic carboxylic acids is 1. The highest BCUT2D eigenvalue weighted by molar-refractivity contribution is 8.01. The number of aromatic nitrogens is 1. The van der Waals surface area contributed by atoms with Crippen molar-refractivity contribution in [3.05, 3.63) is 46.5 Å². The number of nitrogens with zero attached hydrogens (tertiary/aromatic N) is 2. The number of amides is 1. The summed E-state index contributed by atoms with van der Waals surface area (Å²) in [4.78, 5) is 29.3. The highest BCUT2D eigenvalue weighted by Crippen LogP contribution is 2.34. The van der Waals surface area contributed by atoms with E-state index in [-0.39, 0.29) is 23.1 Å². The van der Waals surface area contributed by atoms with Gasteiger partial charge in [0.05, 0.1) is 6.04 Å². The van der Waals surface area contributed by atoms with Crippen LogP contribution in [0, 0.1) is 0 Å². The van der Waals surface area contributed by atoms with Gasteiger partial charge in [0.25, 0.3) is 0 Å². The fourth-order valence-corrected chi connectivity index (χ4v) is 5.03. The molecule has 1 aliphatic heterocycles. The predicted molar refractivity (Wildman–Crippen MR) is 109 cm³/mol. The van der Waals surface area contributed by atoms with E-state index in [0.717, 1.165) is 10.8 Å². The van der Waals surface area contributed by atoms with Crippen molar-refractivity contribution in [2.45, 2.75) is 49.4 Å². The Bertz CT molecular complexity index is 824. The minimum atomic E-state index is -1.01. The quantitative estimate of drug-likeness (QED) is 0.713. The van der Waals surface area contributed by atoms with E-state index in [1.807, 2.05) is 4.90 Å². The van der Waals surface area contributed by atoms with Crippen molar-refractivity contribution in [1.82, 2.24) is 9.88 Å². The molecular formula is C20H24N2O3S2. The van der Waals surface area contributed by atoms with E-state index in [2.05, 4.69) is 50.0 Å². The van der Waals surface area contributed by atoms with Crippen molar-refractivity contribution in [3.63, 3.8) is 0 Å². The Hall–Kier alpha value is -1.86. The second kappa shape index (κ2) is 8.02. The number of carboxylic acid groups (broad SMARTS) is 1. The average molecular weight is 405 g/mol. The van der Waals surface area contributed by atoms with Gasteiger partial charge in [-0.25, -0.2) is 9.78 Å². The maximum atomic E-state index is 12.3. The molecule has 3 rings (SSSR count). The standard InChI is InChI=1S/C20H24N2O3S2/c1-20(2,3)14-6-4-13(5-7-14)16-8-9-17(23)22(16)10-11-26-19-21-15(12-27-19)18(24)25/h4-7,12,16H,8-11H2,1-3H3,(H,24,25). The van der Waals surface area contributed by atoms with Crippen LogP contribution < -0.4 is 0 Å². The molecule has 7 heteroatoms. The zero-order valence-corrected chi connectivity index (χ0v) is 17.4. The lowest BCUT2D eigenvalue weighted by atomic mass is 9.86. The first-order valence-corrected chi connectivity index (χ1v) is 10.8. The van der Waals surface area contributed by atoms with Gasteiger partial charge in [-0.2, -0.15) is 0 Å². The highest BCUT2D eigenvalue weighted by atomic mass is 32.2. The van der Waals surface area contributed by atoms with Crippen molar-refractivity contribution in [1.29, 1.82) is 0 Å². The first-order chi connectivity index (χ1) is 12.8. The molecule has 1 atom stereocenters. The van der Waals surface area contributed by atoms with E-state index in [0.29, 0.717) is 18.7 Å². The highest BCUT2D eigenvalue weighted by Gasteiger charge is 2.31. The maximum absolute atomic E-state index is 12.3. The van der Waals surface area contributed by atoms with Crippen molar-refractivity contribution in [2.24, 2.45) is 0 Å². The number of likely N-dealkylation sites (tertiary alicyclic amines) is 1. The van der Waals surface area contributed by atoms with Gasteiger partial charge in [-0.05, 0) is 23.0 Å². The number of benzene rings is 1. The number of rotatable bonds is 6. The van der Waals surface area contributed by atoms with Gasteiger partial charge < -0.3 is 10.0 Å². The molecule has 0 saturated carbocycles. The molecule has 2 heterocycles. The predicted octanol–water partition coefficient (Wildman–Crippen LogP) is 4.59. The van der Waals surface area contributed by atoms with E-state index < -0.39 is 5.97 Å². The van der Waals surface area contributed by atoms with Crippen molar-refractivity contribution < 1.29 is 14.7 Å². The van der Waals surface area contributed by atoms with Gasteiger partial charge in [0.15, 0.2) is 10.0 Å². The molecule has 0 spiro atoms. The number of hydrogen-bond acceptors (Lipinski definition) is 5. The Kier molecular flexibility index (Phi) is 5.91. The van der Waals surface area contributed by atoms with Gasteiger partial charge in [0.1, 0.15) is 0 Å². The van der Waals surface area contributed by atoms with Gasteiger partial charge in [-0.1, -0.05) is 56.8 Å². The molecule has 0 radical (unpaired) electrons. The van der Waals surface area contributed by atoms with E-state index in [4.69, 9.17) is 5.11 Å². The molecule has 5 nitrogen and oxygen atoms in total. The topological polar surface area (TPSA) is 70.5 Å². The van der Waals surface area contributed by atoms with Crippen molar-refractivity contribution >= 4 is 35.0 Å². The monoisotopic (exact) mass is 404 g/mol. The molecular weight excluding hydrogens is 380 g/mol. The van der Waals surface area contributed by atoms with Crippen LogP contribution in [0.2, 0.25) is 0 Å². The summed E-state index contributed by atoms with van der Waals surface area (Å²) in [5.74, 6) is -0.119.